The minimum atomic E-state index is -0.783. The molecule has 0 N–H and O–H groups in total. The molecule has 0 amide bonds. The summed E-state index contributed by atoms with van der Waals surface area (Å²) < 4.78 is 4.55. The Morgan fingerprint density at radius 2 is 2.00 bits per heavy atom. The number of aryl methyl sites for hydroxylation is 1. The minimum Gasteiger partial charge on any atom is -0.446 e. The average Bonchev–Trinajstić information content (AvgIpc) is 2.35. The van der Waals surface area contributed by atoms with E-state index in [1.54, 1.807) is 24.3 Å². The van der Waals surface area contributed by atoms with Crippen LogP contribution in [0.4, 0.5) is 0 Å². The first-order valence-corrected chi connectivity index (χ1v) is 4.90. The molecule has 0 unspecified atom stereocenters. The molecule has 1 rings (SSSR count). The first-order chi connectivity index (χ1) is 8.17. The first-order valence-electron chi connectivity index (χ1n) is 4.90. The number of benzene rings is 1. The fourth-order valence-corrected chi connectivity index (χ4v) is 1.14. The standard InChI is InChI=1S/C13H10N2O2/c1-10-2-4-11(5-3-10)8-12(9-15)13(16)17-7-6-14/h2-5,8H,7H2,1H3/b12-8+. The van der Waals surface area contributed by atoms with Gasteiger partial charge in [0.25, 0.3) is 0 Å². The summed E-state index contributed by atoms with van der Waals surface area (Å²) in [6.45, 7) is 1.59. The van der Waals surface area contributed by atoms with Crippen molar-refractivity contribution in [3.05, 3.63) is 41.0 Å². The van der Waals surface area contributed by atoms with E-state index in [0.29, 0.717) is 0 Å². The highest BCUT2D eigenvalue weighted by Gasteiger charge is 2.09. The van der Waals surface area contributed by atoms with Crippen LogP contribution in [0.1, 0.15) is 11.1 Å². The summed E-state index contributed by atoms with van der Waals surface area (Å²) in [6.07, 6.45) is 1.43. The van der Waals surface area contributed by atoms with Crippen molar-refractivity contribution >= 4 is 12.0 Å². The quantitative estimate of drug-likeness (QED) is 0.448. The van der Waals surface area contributed by atoms with Crippen LogP contribution in [-0.2, 0) is 9.53 Å². The van der Waals surface area contributed by atoms with Crippen molar-refractivity contribution in [3.63, 3.8) is 0 Å². The highest BCUT2D eigenvalue weighted by atomic mass is 16.5. The van der Waals surface area contributed by atoms with Crippen molar-refractivity contribution in [1.29, 1.82) is 10.5 Å². The molecule has 0 saturated heterocycles. The molecule has 4 nitrogen and oxygen atoms in total. The molecule has 0 aliphatic rings. The van der Waals surface area contributed by atoms with Crippen molar-refractivity contribution in [2.75, 3.05) is 6.61 Å². The molecular formula is C13H10N2O2. The molecule has 0 aromatic heterocycles. The molecule has 0 fully saturated rings. The third-order valence-corrected chi connectivity index (χ3v) is 2.00. The molecule has 17 heavy (non-hydrogen) atoms. The molecule has 0 radical (unpaired) electrons. The van der Waals surface area contributed by atoms with E-state index in [9.17, 15) is 4.79 Å². The van der Waals surface area contributed by atoms with Crippen LogP contribution in [0.3, 0.4) is 0 Å². The maximum atomic E-state index is 11.3. The molecule has 0 aliphatic carbocycles. The number of carbonyl (C=O) groups excluding carboxylic acids is 1. The molecule has 4 heteroatoms. The summed E-state index contributed by atoms with van der Waals surface area (Å²) in [5, 5.41) is 17.1. The van der Waals surface area contributed by atoms with Gasteiger partial charge < -0.3 is 4.74 Å². The summed E-state index contributed by atoms with van der Waals surface area (Å²) in [7, 11) is 0. The van der Waals surface area contributed by atoms with E-state index in [0.717, 1.165) is 11.1 Å². The maximum Gasteiger partial charge on any atom is 0.349 e. The van der Waals surface area contributed by atoms with Crippen LogP contribution >= 0.6 is 0 Å². The summed E-state index contributed by atoms with van der Waals surface area (Å²) >= 11 is 0. The summed E-state index contributed by atoms with van der Waals surface area (Å²) in [4.78, 5) is 11.3. The Bertz CT molecular complexity index is 516. The fourth-order valence-electron chi connectivity index (χ4n) is 1.14. The number of ether oxygens (including phenoxy) is 1. The Morgan fingerprint density at radius 1 is 1.35 bits per heavy atom. The van der Waals surface area contributed by atoms with Crippen LogP contribution in [0.25, 0.3) is 6.08 Å². The molecule has 0 aliphatic heterocycles. The van der Waals surface area contributed by atoms with Crippen LogP contribution in [0.15, 0.2) is 29.8 Å². The summed E-state index contributed by atoms with van der Waals surface area (Å²) in [6, 6.07) is 10.8. The maximum absolute atomic E-state index is 11.3. The highest BCUT2D eigenvalue weighted by Crippen LogP contribution is 2.09. The number of rotatable bonds is 3. The Balaban J connectivity index is 2.88. The van der Waals surface area contributed by atoms with Crippen LogP contribution in [0, 0.1) is 29.6 Å². The van der Waals surface area contributed by atoms with Crippen molar-refractivity contribution in [1.82, 2.24) is 0 Å². The predicted molar refractivity (Wildman–Crippen MR) is 61.3 cm³/mol. The minimum absolute atomic E-state index is 0.121. The third kappa shape index (κ3) is 3.81. The lowest BCUT2D eigenvalue weighted by Crippen LogP contribution is -2.06. The molecule has 1 aromatic rings. The topological polar surface area (TPSA) is 73.9 Å². The van der Waals surface area contributed by atoms with E-state index < -0.39 is 5.97 Å². The van der Waals surface area contributed by atoms with Crippen molar-refractivity contribution < 1.29 is 9.53 Å². The number of nitrogens with zero attached hydrogens (tertiary/aromatic N) is 2. The smallest absolute Gasteiger partial charge is 0.349 e. The number of hydrogen-bond donors (Lipinski definition) is 0. The van der Waals surface area contributed by atoms with E-state index in [1.165, 1.54) is 6.08 Å². The largest absolute Gasteiger partial charge is 0.446 e. The molecule has 1 aromatic carbocycles. The van der Waals surface area contributed by atoms with E-state index in [-0.39, 0.29) is 12.2 Å². The van der Waals surface area contributed by atoms with Gasteiger partial charge >= 0.3 is 5.97 Å². The summed E-state index contributed by atoms with van der Waals surface area (Å²) in [5.74, 6) is -0.783. The van der Waals surface area contributed by atoms with E-state index in [4.69, 9.17) is 10.5 Å². The lowest BCUT2D eigenvalue weighted by atomic mass is 10.1. The number of hydrogen-bond acceptors (Lipinski definition) is 4. The third-order valence-electron chi connectivity index (χ3n) is 2.00. The van der Waals surface area contributed by atoms with Crippen LogP contribution in [-0.4, -0.2) is 12.6 Å². The van der Waals surface area contributed by atoms with Gasteiger partial charge in [0.05, 0.1) is 0 Å². The van der Waals surface area contributed by atoms with Gasteiger partial charge in [-0.2, -0.15) is 10.5 Å². The van der Waals surface area contributed by atoms with Gasteiger partial charge in [0.15, 0.2) is 6.61 Å². The molecule has 0 bridgehead atoms. The normalized spacial score (nSPS) is 10.2. The fraction of sp³-hybridized carbons (Fsp3) is 0.154. The molecule has 84 valence electrons. The van der Waals surface area contributed by atoms with Crippen molar-refractivity contribution in [3.8, 4) is 12.1 Å². The molecule has 0 spiro atoms. The number of carbonyl (C=O) groups is 1. The zero-order valence-corrected chi connectivity index (χ0v) is 9.30. The average molecular weight is 226 g/mol. The van der Waals surface area contributed by atoms with Gasteiger partial charge in [0.1, 0.15) is 17.7 Å². The van der Waals surface area contributed by atoms with E-state index in [1.807, 2.05) is 19.1 Å². The van der Waals surface area contributed by atoms with Crippen LogP contribution < -0.4 is 0 Å². The zero-order valence-electron chi connectivity index (χ0n) is 9.30. The highest BCUT2D eigenvalue weighted by molar-refractivity contribution is 5.97. The second kappa shape index (κ2) is 6.09. The Labute approximate surface area is 99.4 Å². The van der Waals surface area contributed by atoms with Crippen LogP contribution in [0.2, 0.25) is 0 Å². The van der Waals surface area contributed by atoms with Gasteiger partial charge in [0, 0.05) is 0 Å². The van der Waals surface area contributed by atoms with Gasteiger partial charge in [-0.3, -0.25) is 0 Å². The molecule has 0 saturated carbocycles. The summed E-state index contributed by atoms with van der Waals surface area (Å²) in [5.41, 5.74) is 1.71. The van der Waals surface area contributed by atoms with E-state index in [2.05, 4.69) is 4.74 Å². The lowest BCUT2D eigenvalue weighted by Gasteiger charge is -1.99. The van der Waals surface area contributed by atoms with Crippen LogP contribution in [0.5, 0.6) is 0 Å². The zero-order chi connectivity index (χ0) is 12.7. The van der Waals surface area contributed by atoms with Gasteiger partial charge in [0.2, 0.25) is 0 Å². The van der Waals surface area contributed by atoms with Crippen molar-refractivity contribution in [2.24, 2.45) is 0 Å². The molecule has 0 heterocycles. The monoisotopic (exact) mass is 226 g/mol. The number of nitriles is 2. The predicted octanol–water partition coefficient (Wildman–Crippen LogP) is 1.97. The van der Waals surface area contributed by atoms with Gasteiger partial charge in [-0.1, -0.05) is 29.8 Å². The van der Waals surface area contributed by atoms with Gasteiger partial charge in [-0.15, -0.1) is 0 Å². The van der Waals surface area contributed by atoms with E-state index >= 15 is 0 Å². The van der Waals surface area contributed by atoms with Crippen molar-refractivity contribution in [2.45, 2.75) is 6.92 Å². The number of esters is 1. The van der Waals surface area contributed by atoms with Gasteiger partial charge in [-0.25, -0.2) is 4.79 Å². The first kappa shape index (κ1) is 12.5. The second-order valence-corrected chi connectivity index (χ2v) is 3.31. The Hall–Kier alpha value is -2.59. The molecule has 0 atom stereocenters. The molecular weight excluding hydrogens is 216 g/mol. The Morgan fingerprint density at radius 3 is 2.53 bits per heavy atom. The van der Waals surface area contributed by atoms with Gasteiger partial charge in [-0.05, 0) is 18.6 Å². The lowest BCUT2D eigenvalue weighted by molar-refractivity contribution is -0.137. The SMILES string of the molecule is Cc1ccc(/C=C(\C#N)C(=O)OCC#N)cc1. The second-order valence-electron chi connectivity index (χ2n) is 3.31. The Kier molecular flexibility index (Phi) is 4.47.